The molecule has 0 aromatic rings. The van der Waals surface area contributed by atoms with Gasteiger partial charge in [-0.15, -0.1) is 0 Å². The molecule has 0 bridgehead atoms. The number of hydrogen-bond donors (Lipinski definition) is 1. The van der Waals surface area contributed by atoms with Gasteiger partial charge in [-0.2, -0.15) is 0 Å². The highest BCUT2D eigenvalue weighted by Gasteiger charge is 2.41. The molecule has 18 heavy (non-hydrogen) atoms. The van der Waals surface area contributed by atoms with Crippen molar-refractivity contribution in [1.82, 2.24) is 0 Å². The highest BCUT2D eigenvalue weighted by atomic mass is 32.2. The van der Waals surface area contributed by atoms with Gasteiger partial charge in [-0.05, 0) is 26.7 Å². The molecule has 1 aliphatic carbocycles. The van der Waals surface area contributed by atoms with Crippen molar-refractivity contribution in [2.24, 2.45) is 5.14 Å². The van der Waals surface area contributed by atoms with Crippen molar-refractivity contribution in [1.29, 1.82) is 0 Å². The number of hydrogen-bond acceptors (Lipinski definition) is 3. The number of nitrogens with two attached hydrogens (primary N) is 1. The summed E-state index contributed by atoms with van der Waals surface area (Å²) < 4.78 is 22.7. The van der Waals surface area contributed by atoms with Gasteiger partial charge in [-0.1, -0.05) is 18.6 Å². The maximum atomic E-state index is 11.3. The van der Waals surface area contributed by atoms with Crippen molar-refractivity contribution in [3.05, 3.63) is 12.2 Å². The lowest BCUT2D eigenvalue weighted by molar-refractivity contribution is -0.182. The first-order valence-electron chi connectivity index (χ1n) is 6.61. The van der Waals surface area contributed by atoms with Gasteiger partial charge in [-0.3, -0.25) is 5.14 Å². The molecule has 1 heterocycles. The Hall–Kier alpha value is -0.230. The summed E-state index contributed by atoms with van der Waals surface area (Å²) in [6.07, 6.45) is 9.38. The van der Waals surface area contributed by atoms with Crippen LogP contribution in [0.25, 0.3) is 0 Å². The Balaban J connectivity index is 1.93. The molecule has 1 unspecified atom stereocenters. The standard InChI is InChI=1S/C13H23NO3S/c1-12(2,18(14)15)9-6-11-10-16-13(17-11)7-4-3-5-8-13/h6,9,11H,3-5,7-8,10,14H2,1-2H3/t11-,18?/m0/s1. The highest BCUT2D eigenvalue weighted by molar-refractivity contribution is 7.84. The van der Waals surface area contributed by atoms with Crippen LogP contribution in [0, 0.1) is 0 Å². The fraction of sp³-hybridized carbons (Fsp3) is 0.846. The molecule has 2 rings (SSSR count). The molecule has 0 amide bonds. The molecule has 2 fully saturated rings. The van der Waals surface area contributed by atoms with E-state index in [0.29, 0.717) is 6.61 Å². The third-order valence-electron chi connectivity index (χ3n) is 3.72. The van der Waals surface area contributed by atoms with Crippen LogP contribution in [0.4, 0.5) is 0 Å². The second-order valence-corrected chi connectivity index (χ2v) is 7.35. The lowest BCUT2D eigenvalue weighted by Crippen LogP contribution is -2.33. The van der Waals surface area contributed by atoms with Crippen LogP contribution in [0.1, 0.15) is 46.0 Å². The van der Waals surface area contributed by atoms with E-state index >= 15 is 0 Å². The van der Waals surface area contributed by atoms with Gasteiger partial charge in [0.1, 0.15) is 6.10 Å². The van der Waals surface area contributed by atoms with Gasteiger partial charge in [0, 0.05) is 12.8 Å². The van der Waals surface area contributed by atoms with E-state index in [1.807, 2.05) is 26.0 Å². The Morgan fingerprint density at radius 1 is 1.33 bits per heavy atom. The molecule has 1 spiro atoms. The van der Waals surface area contributed by atoms with Crippen LogP contribution in [-0.4, -0.2) is 27.5 Å². The quantitative estimate of drug-likeness (QED) is 0.800. The Labute approximate surface area is 111 Å². The summed E-state index contributed by atoms with van der Waals surface area (Å²) in [5, 5.41) is 5.44. The first-order chi connectivity index (χ1) is 8.44. The van der Waals surface area contributed by atoms with Gasteiger partial charge in [-0.25, -0.2) is 4.21 Å². The summed E-state index contributed by atoms with van der Waals surface area (Å²) in [5.74, 6) is -0.348. The van der Waals surface area contributed by atoms with Crippen molar-refractivity contribution < 1.29 is 13.7 Å². The molecule has 2 N–H and O–H groups in total. The van der Waals surface area contributed by atoms with Crippen LogP contribution >= 0.6 is 0 Å². The normalized spacial score (nSPS) is 30.1. The third-order valence-corrected chi connectivity index (χ3v) is 4.90. The molecule has 5 heteroatoms. The lowest BCUT2D eigenvalue weighted by atomic mass is 9.94. The van der Waals surface area contributed by atoms with Crippen LogP contribution in [0.5, 0.6) is 0 Å². The van der Waals surface area contributed by atoms with E-state index in [1.165, 1.54) is 19.3 Å². The molecule has 1 saturated carbocycles. The van der Waals surface area contributed by atoms with Crippen molar-refractivity contribution >= 4 is 11.0 Å². The maximum Gasteiger partial charge on any atom is 0.169 e. The Morgan fingerprint density at radius 2 is 2.00 bits per heavy atom. The Morgan fingerprint density at radius 3 is 2.61 bits per heavy atom. The molecule has 2 atom stereocenters. The first kappa shape index (κ1) is 14.2. The van der Waals surface area contributed by atoms with Crippen LogP contribution in [0.15, 0.2) is 12.2 Å². The minimum absolute atomic E-state index is 0.0362. The second-order valence-electron chi connectivity index (χ2n) is 5.70. The summed E-state index contributed by atoms with van der Waals surface area (Å²) in [5.41, 5.74) is 0. The fourth-order valence-corrected chi connectivity index (χ4v) is 2.64. The molecular weight excluding hydrogens is 250 g/mol. The van der Waals surface area contributed by atoms with Crippen LogP contribution in [-0.2, 0) is 20.5 Å². The molecule has 2 aliphatic rings. The Kier molecular flexibility index (Phi) is 4.26. The molecule has 0 aromatic carbocycles. The lowest BCUT2D eigenvalue weighted by Gasteiger charge is -2.31. The molecule has 0 radical (unpaired) electrons. The van der Waals surface area contributed by atoms with E-state index in [9.17, 15) is 4.21 Å². The molecule has 1 saturated heterocycles. The van der Waals surface area contributed by atoms with Crippen LogP contribution < -0.4 is 5.14 Å². The summed E-state index contributed by atoms with van der Waals surface area (Å²) in [6, 6.07) is 0. The maximum absolute atomic E-state index is 11.3. The van der Waals surface area contributed by atoms with Crippen LogP contribution in [0.2, 0.25) is 0 Å². The monoisotopic (exact) mass is 273 g/mol. The third kappa shape index (κ3) is 3.20. The minimum atomic E-state index is -1.37. The molecular formula is C13H23NO3S. The van der Waals surface area contributed by atoms with Crippen molar-refractivity contribution in [2.75, 3.05) is 6.61 Å². The SMILES string of the molecule is CC(C)(C=C[C@H]1COC2(CCCCC2)O1)S(N)=O. The van der Waals surface area contributed by atoms with Crippen LogP contribution in [0.3, 0.4) is 0 Å². The zero-order valence-corrected chi connectivity index (χ0v) is 12.0. The van der Waals surface area contributed by atoms with Crippen molar-refractivity contribution in [3.63, 3.8) is 0 Å². The summed E-state index contributed by atoms with van der Waals surface area (Å²) in [4.78, 5) is 0. The average Bonchev–Trinajstić information content (AvgIpc) is 2.71. The predicted octanol–water partition coefficient (Wildman–Crippen LogP) is 2.02. The largest absolute Gasteiger partial charge is 0.347 e. The van der Waals surface area contributed by atoms with Gasteiger partial charge in [0.15, 0.2) is 5.79 Å². The highest BCUT2D eigenvalue weighted by Crippen LogP contribution is 2.38. The summed E-state index contributed by atoms with van der Waals surface area (Å²) in [7, 11) is -1.37. The van der Waals surface area contributed by atoms with E-state index in [4.69, 9.17) is 14.6 Å². The van der Waals surface area contributed by atoms with E-state index < -0.39 is 15.7 Å². The van der Waals surface area contributed by atoms with Crippen molar-refractivity contribution in [3.8, 4) is 0 Å². The van der Waals surface area contributed by atoms with Gasteiger partial charge < -0.3 is 9.47 Å². The van der Waals surface area contributed by atoms with E-state index in [1.54, 1.807) is 0 Å². The smallest absolute Gasteiger partial charge is 0.169 e. The number of ether oxygens (including phenoxy) is 2. The van der Waals surface area contributed by atoms with E-state index in [0.717, 1.165) is 12.8 Å². The van der Waals surface area contributed by atoms with E-state index in [-0.39, 0.29) is 11.9 Å². The summed E-state index contributed by atoms with van der Waals surface area (Å²) >= 11 is 0. The molecule has 4 nitrogen and oxygen atoms in total. The predicted molar refractivity (Wildman–Crippen MR) is 72.2 cm³/mol. The van der Waals surface area contributed by atoms with Gasteiger partial charge in [0.25, 0.3) is 0 Å². The van der Waals surface area contributed by atoms with E-state index in [2.05, 4.69) is 0 Å². The van der Waals surface area contributed by atoms with Gasteiger partial charge in [0.05, 0.1) is 22.3 Å². The fourth-order valence-electron chi connectivity index (χ4n) is 2.43. The van der Waals surface area contributed by atoms with Crippen molar-refractivity contribution in [2.45, 2.75) is 62.6 Å². The summed E-state index contributed by atoms with van der Waals surface area (Å²) in [6.45, 7) is 4.29. The zero-order chi connectivity index (χ0) is 13.2. The second kappa shape index (κ2) is 5.41. The van der Waals surface area contributed by atoms with Gasteiger partial charge in [0.2, 0.25) is 0 Å². The van der Waals surface area contributed by atoms with Gasteiger partial charge >= 0.3 is 0 Å². The molecule has 1 aliphatic heterocycles. The molecule has 0 aromatic heterocycles. The number of rotatable bonds is 3. The molecule has 104 valence electrons. The topological polar surface area (TPSA) is 61.6 Å². The Bertz CT molecular complexity index is 348. The average molecular weight is 273 g/mol. The first-order valence-corrected chi connectivity index (χ1v) is 7.82. The zero-order valence-electron chi connectivity index (χ0n) is 11.2. The minimum Gasteiger partial charge on any atom is -0.347 e.